The molecule has 7 heteroatoms. The molecule has 0 saturated carbocycles. The normalized spacial score (nSPS) is 14.8. The highest BCUT2D eigenvalue weighted by Gasteiger charge is 2.37. The van der Waals surface area contributed by atoms with Gasteiger partial charge in [0.05, 0.1) is 18.9 Å². The molecule has 1 aliphatic rings. The Bertz CT molecular complexity index is 1720. The number of ketones is 1. The summed E-state index contributed by atoms with van der Waals surface area (Å²) in [6, 6.07) is 19.9. The lowest BCUT2D eigenvalue weighted by molar-refractivity contribution is -0.159. The highest BCUT2D eigenvalue weighted by molar-refractivity contribution is 6.16. The maximum Gasteiger partial charge on any atom is 0.354 e. The number of hydrogen-bond acceptors (Lipinski definition) is 6. The number of nitrogens with zero attached hydrogens (tertiary/aromatic N) is 3. The maximum absolute atomic E-state index is 13.5. The van der Waals surface area contributed by atoms with E-state index in [1.54, 1.807) is 0 Å². The monoisotopic (exact) mass is 579 g/mol. The number of allylic oxidation sites excluding steroid dienone is 1. The average Bonchev–Trinajstić information content (AvgIpc) is 3.33. The molecule has 0 radical (unpaired) electrons. The zero-order chi connectivity index (χ0) is 30.7. The van der Waals surface area contributed by atoms with Crippen LogP contribution >= 0.6 is 0 Å². The number of carbonyl (C=O) groups excluding carboxylic acids is 2. The van der Waals surface area contributed by atoms with Gasteiger partial charge in [0.25, 0.3) is 0 Å². The van der Waals surface area contributed by atoms with Crippen LogP contribution < -0.4 is 0 Å². The lowest BCUT2D eigenvalue weighted by Gasteiger charge is -2.37. The van der Waals surface area contributed by atoms with Crippen LogP contribution in [-0.2, 0) is 20.9 Å². The lowest BCUT2D eigenvalue weighted by atomic mass is 9.97. The minimum atomic E-state index is -0.828. The van der Waals surface area contributed by atoms with Crippen molar-refractivity contribution in [3.8, 4) is 0 Å². The molecule has 1 aliphatic heterocycles. The Kier molecular flexibility index (Phi) is 8.95. The Morgan fingerprint density at radius 2 is 1.58 bits per heavy atom. The number of oxime groups is 1. The van der Waals surface area contributed by atoms with E-state index in [1.165, 1.54) is 0 Å². The molecule has 3 aromatic carbocycles. The first-order chi connectivity index (χ1) is 20.6. The molecule has 0 atom stereocenters. The van der Waals surface area contributed by atoms with Crippen LogP contribution in [0.3, 0.4) is 0 Å². The van der Waals surface area contributed by atoms with Crippen LogP contribution in [0.25, 0.3) is 21.8 Å². The van der Waals surface area contributed by atoms with Crippen molar-refractivity contribution in [3.05, 3.63) is 95.1 Å². The molecule has 7 nitrogen and oxygen atoms in total. The largest absolute Gasteiger partial charge is 0.379 e. The molecule has 43 heavy (non-hydrogen) atoms. The summed E-state index contributed by atoms with van der Waals surface area (Å²) < 4.78 is 7.71. The zero-order valence-corrected chi connectivity index (χ0v) is 25.9. The molecule has 0 unspecified atom stereocenters. The minimum absolute atomic E-state index is 0.00654. The van der Waals surface area contributed by atoms with E-state index in [9.17, 15) is 9.59 Å². The van der Waals surface area contributed by atoms with Gasteiger partial charge in [-0.3, -0.25) is 9.69 Å². The molecule has 0 bridgehead atoms. The van der Waals surface area contributed by atoms with Gasteiger partial charge in [0.15, 0.2) is 5.78 Å². The van der Waals surface area contributed by atoms with Crippen molar-refractivity contribution < 1.29 is 19.2 Å². The van der Waals surface area contributed by atoms with Crippen molar-refractivity contribution >= 4 is 39.3 Å². The number of benzene rings is 3. The van der Waals surface area contributed by atoms with Crippen LogP contribution in [0, 0.1) is 6.92 Å². The number of carbonyl (C=O) groups is 2. The van der Waals surface area contributed by atoms with Gasteiger partial charge in [-0.25, -0.2) is 4.79 Å². The Balaban J connectivity index is 1.54. The number of aromatic nitrogens is 1. The fourth-order valence-electron chi connectivity index (χ4n) is 5.78. The topological polar surface area (TPSA) is 73.1 Å². The van der Waals surface area contributed by atoms with Gasteiger partial charge in [-0.1, -0.05) is 41.1 Å². The van der Waals surface area contributed by atoms with Crippen molar-refractivity contribution in [2.45, 2.75) is 59.5 Å². The summed E-state index contributed by atoms with van der Waals surface area (Å²) in [4.78, 5) is 34.4. The number of rotatable bonds is 10. The predicted molar refractivity (Wildman–Crippen MR) is 173 cm³/mol. The second-order valence-corrected chi connectivity index (χ2v) is 11.9. The van der Waals surface area contributed by atoms with Crippen LogP contribution in [0.15, 0.2) is 78.0 Å². The molecular formula is C36H41N3O4. The predicted octanol–water partition coefficient (Wildman–Crippen LogP) is 7.07. The molecule has 224 valence electrons. The first kappa shape index (κ1) is 30.4. The van der Waals surface area contributed by atoms with Crippen LogP contribution in [0.4, 0.5) is 0 Å². The lowest BCUT2D eigenvalue weighted by Crippen LogP contribution is -2.54. The van der Waals surface area contributed by atoms with Gasteiger partial charge in [0, 0.05) is 58.1 Å². The van der Waals surface area contributed by atoms with Gasteiger partial charge in [0.1, 0.15) is 5.54 Å². The molecule has 2 heterocycles. The van der Waals surface area contributed by atoms with E-state index in [1.807, 2.05) is 76.2 Å². The van der Waals surface area contributed by atoms with Crippen molar-refractivity contribution in [2.75, 3.05) is 26.3 Å². The molecule has 1 aromatic heterocycles. The summed E-state index contributed by atoms with van der Waals surface area (Å²) in [7, 11) is 0. The molecule has 0 aliphatic carbocycles. The summed E-state index contributed by atoms with van der Waals surface area (Å²) in [5.41, 5.74) is 6.20. The first-order valence-electron chi connectivity index (χ1n) is 15.0. The summed E-state index contributed by atoms with van der Waals surface area (Å²) in [6.07, 6.45) is 1.29. The number of morpholine rings is 1. The second-order valence-electron chi connectivity index (χ2n) is 11.9. The third kappa shape index (κ3) is 6.19. The van der Waals surface area contributed by atoms with Crippen molar-refractivity contribution in [1.82, 2.24) is 9.47 Å². The summed E-state index contributed by atoms with van der Waals surface area (Å²) >= 11 is 0. The van der Waals surface area contributed by atoms with E-state index >= 15 is 0 Å². The average molecular weight is 580 g/mol. The van der Waals surface area contributed by atoms with E-state index in [0.717, 1.165) is 45.1 Å². The third-order valence-electron chi connectivity index (χ3n) is 8.49. The Morgan fingerprint density at radius 1 is 0.953 bits per heavy atom. The molecule has 0 N–H and O–H groups in total. The van der Waals surface area contributed by atoms with E-state index in [0.29, 0.717) is 56.0 Å². The van der Waals surface area contributed by atoms with Crippen molar-refractivity contribution in [2.24, 2.45) is 5.16 Å². The third-order valence-corrected chi connectivity index (χ3v) is 8.49. The van der Waals surface area contributed by atoms with Crippen molar-refractivity contribution in [1.29, 1.82) is 0 Å². The SMILES string of the molecule is C=C(C)CC/C(=N\OC(=O)C(C)(C)N1CCOCC1)c1ccc2c(c1)c1cc(C(=O)c3ccccc3C)ccc1n2CC. The van der Waals surface area contributed by atoms with E-state index in [4.69, 9.17) is 9.57 Å². The van der Waals surface area contributed by atoms with Gasteiger partial charge < -0.3 is 14.1 Å². The van der Waals surface area contributed by atoms with Crippen molar-refractivity contribution in [3.63, 3.8) is 0 Å². The Hall–Kier alpha value is -4.07. The number of hydrogen-bond donors (Lipinski definition) is 0. The summed E-state index contributed by atoms with van der Waals surface area (Å²) in [6.45, 7) is 17.2. The van der Waals surface area contributed by atoms with Gasteiger partial charge in [-0.15, -0.1) is 6.58 Å². The molecule has 4 aromatic rings. The first-order valence-corrected chi connectivity index (χ1v) is 15.0. The van der Waals surface area contributed by atoms with E-state index in [-0.39, 0.29) is 5.78 Å². The Morgan fingerprint density at radius 3 is 2.21 bits per heavy atom. The van der Waals surface area contributed by atoms with Crippen LogP contribution in [0.1, 0.15) is 67.6 Å². The standard InChI is InChI=1S/C36H41N3O4/c1-7-39-32-16-13-26(31(15-12-24(2)3)37-43-35(41)36(5,6)38-18-20-42-21-19-38)22-29(32)30-23-27(14-17-33(30)39)34(40)28-11-9-8-10-25(28)4/h8-11,13-14,16-17,22-23H,2,7,12,15,18-21H2,1,3-6H3/b37-31+. The zero-order valence-electron chi connectivity index (χ0n) is 25.9. The molecule has 0 amide bonds. The minimum Gasteiger partial charge on any atom is -0.379 e. The summed E-state index contributed by atoms with van der Waals surface area (Å²) in [5.74, 6) is -0.391. The Labute approximate surface area is 253 Å². The van der Waals surface area contributed by atoms with Gasteiger partial charge in [0.2, 0.25) is 0 Å². The molecular weight excluding hydrogens is 538 g/mol. The highest BCUT2D eigenvalue weighted by Crippen LogP contribution is 2.32. The van der Waals surface area contributed by atoms with Gasteiger partial charge in [-0.05, 0) is 83.4 Å². The van der Waals surface area contributed by atoms with Crippen LogP contribution in [0.5, 0.6) is 0 Å². The van der Waals surface area contributed by atoms with Gasteiger partial charge >= 0.3 is 5.97 Å². The highest BCUT2D eigenvalue weighted by atomic mass is 16.7. The summed E-state index contributed by atoms with van der Waals surface area (Å²) in [5, 5.41) is 6.47. The molecule has 1 saturated heterocycles. The molecule has 1 fully saturated rings. The number of ether oxygens (including phenoxy) is 1. The van der Waals surface area contributed by atoms with E-state index < -0.39 is 11.5 Å². The number of aryl methyl sites for hydroxylation is 2. The molecule has 5 rings (SSSR count). The fourth-order valence-corrected chi connectivity index (χ4v) is 5.78. The molecule has 0 spiro atoms. The second kappa shape index (κ2) is 12.7. The van der Waals surface area contributed by atoms with Crippen LogP contribution in [0.2, 0.25) is 0 Å². The fraction of sp³-hybridized carbons (Fsp3) is 0.361. The number of fused-ring (bicyclic) bond motifs is 3. The van der Waals surface area contributed by atoms with Gasteiger partial charge in [-0.2, -0.15) is 0 Å². The maximum atomic E-state index is 13.5. The van der Waals surface area contributed by atoms with E-state index in [2.05, 4.69) is 40.3 Å². The van der Waals surface area contributed by atoms with Crippen LogP contribution in [-0.4, -0.2) is 58.8 Å². The smallest absolute Gasteiger partial charge is 0.354 e. The quantitative estimate of drug-likeness (QED) is 0.0661.